The van der Waals surface area contributed by atoms with Gasteiger partial charge in [-0.2, -0.15) is 0 Å². The third kappa shape index (κ3) is 3.70. The summed E-state index contributed by atoms with van der Waals surface area (Å²) in [6.07, 6.45) is 8.79. The van der Waals surface area contributed by atoms with Crippen LogP contribution in [0, 0.1) is 5.41 Å². The first-order valence-corrected chi connectivity index (χ1v) is 11.2. The average Bonchev–Trinajstić information content (AvgIpc) is 3.41. The van der Waals surface area contributed by atoms with Gasteiger partial charge < -0.3 is 15.0 Å². The second kappa shape index (κ2) is 8.47. The van der Waals surface area contributed by atoms with Gasteiger partial charge in [-0.3, -0.25) is 9.59 Å². The number of fused-ring (bicyclic) bond motifs is 1. The molecule has 1 saturated heterocycles. The largest absolute Gasteiger partial charge is 0.383 e. The van der Waals surface area contributed by atoms with E-state index < -0.39 is 0 Å². The highest BCUT2D eigenvalue weighted by Crippen LogP contribution is 2.48. The van der Waals surface area contributed by atoms with Gasteiger partial charge >= 0.3 is 0 Å². The maximum Gasteiger partial charge on any atom is 0.230 e. The number of methoxy groups -OCH3 is 1. The molecular weight excluding hydrogens is 364 g/mol. The minimum atomic E-state index is -0.383. The standard InChI is InChI=1S/C24H34N2O3/c1-29-17-16-26-20-10-7-12-23(20,15-11-21(26)27)18-25-22(28)24(13-5-6-14-24)19-8-3-2-4-9-19/h2-4,8-9,20H,5-7,10-18H2,1H3,(H,25,28)/t20-,23+/m1/s1. The minimum absolute atomic E-state index is 0.0216. The summed E-state index contributed by atoms with van der Waals surface area (Å²) in [5, 5.41) is 3.38. The van der Waals surface area contributed by atoms with Crippen molar-refractivity contribution in [3.05, 3.63) is 35.9 Å². The highest BCUT2D eigenvalue weighted by atomic mass is 16.5. The third-order valence-electron chi connectivity index (χ3n) is 7.75. The van der Waals surface area contributed by atoms with Crippen LogP contribution in [0.25, 0.3) is 0 Å². The first-order valence-electron chi connectivity index (χ1n) is 11.2. The Balaban J connectivity index is 1.50. The molecule has 5 heteroatoms. The zero-order valence-corrected chi connectivity index (χ0v) is 17.6. The zero-order chi connectivity index (χ0) is 20.3. The average molecular weight is 399 g/mol. The van der Waals surface area contributed by atoms with Gasteiger partial charge in [0, 0.05) is 38.1 Å². The molecule has 2 atom stereocenters. The second-order valence-corrected chi connectivity index (χ2v) is 9.19. The molecule has 158 valence electrons. The zero-order valence-electron chi connectivity index (χ0n) is 17.6. The number of likely N-dealkylation sites (tertiary alicyclic amines) is 1. The normalized spacial score (nSPS) is 28.4. The van der Waals surface area contributed by atoms with Gasteiger partial charge in [0.15, 0.2) is 0 Å². The predicted octanol–water partition coefficient (Wildman–Crippen LogP) is 3.42. The Kier molecular flexibility index (Phi) is 5.95. The van der Waals surface area contributed by atoms with Crippen LogP contribution in [0.1, 0.15) is 63.4 Å². The van der Waals surface area contributed by atoms with E-state index in [0.717, 1.165) is 56.9 Å². The van der Waals surface area contributed by atoms with Gasteiger partial charge in [-0.05, 0) is 37.7 Å². The van der Waals surface area contributed by atoms with Gasteiger partial charge in [-0.15, -0.1) is 0 Å². The molecule has 5 nitrogen and oxygen atoms in total. The Morgan fingerprint density at radius 3 is 2.62 bits per heavy atom. The van der Waals surface area contributed by atoms with Gasteiger partial charge in [0.25, 0.3) is 0 Å². The van der Waals surface area contributed by atoms with Crippen LogP contribution >= 0.6 is 0 Å². The van der Waals surface area contributed by atoms with E-state index in [0.29, 0.717) is 26.1 Å². The number of piperidine rings is 1. The molecule has 3 aliphatic rings. The molecule has 2 amide bonds. The number of benzene rings is 1. The van der Waals surface area contributed by atoms with Crippen LogP contribution in [-0.2, 0) is 19.7 Å². The third-order valence-corrected chi connectivity index (χ3v) is 7.75. The number of hydrogen-bond donors (Lipinski definition) is 1. The maximum atomic E-state index is 13.5. The van der Waals surface area contributed by atoms with Gasteiger partial charge in [-0.25, -0.2) is 0 Å². The van der Waals surface area contributed by atoms with E-state index in [9.17, 15) is 9.59 Å². The quantitative estimate of drug-likeness (QED) is 0.766. The van der Waals surface area contributed by atoms with Crippen molar-refractivity contribution < 1.29 is 14.3 Å². The molecule has 0 bridgehead atoms. The van der Waals surface area contributed by atoms with E-state index in [1.54, 1.807) is 7.11 Å². The first-order chi connectivity index (χ1) is 14.1. The van der Waals surface area contributed by atoms with E-state index >= 15 is 0 Å². The second-order valence-electron chi connectivity index (χ2n) is 9.19. The number of carbonyl (C=O) groups excluding carboxylic acids is 2. The first kappa shape index (κ1) is 20.4. The van der Waals surface area contributed by atoms with Crippen LogP contribution < -0.4 is 5.32 Å². The highest BCUT2D eigenvalue weighted by molar-refractivity contribution is 5.88. The number of nitrogens with zero attached hydrogens (tertiary/aromatic N) is 1. The molecular formula is C24H34N2O3. The Hall–Kier alpha value is -1.88. The number of hydrogen-bond acceptors (Lipinski definition) is 3. The lowest BCUT2D eigenvalue weighted by Gasteiger charge is -2.46. The van der Waals surface area contributed by atoms with E-state index in [1.165, 1.54) is 0 Å². The van der Waals surface area contributed by atoms with Crippen LogP contribution in [0.3, 0.4) is 0 Å². The highest BCUT2D eigenvalue weighted by Gasteiger charge is 2.51. The molecule has 0 radical (unpaired) electrons. The molecule has 4 rings (SSSR count). The van der Waals surface area contributed by atoms with Crippen molar-refractivity contribution in [1.82, 2.24) is 10.2 Å². The fraction of sp³-hybridized carbons (Fsp3) is 0.667. The van der Waals surface area contributed by atoms with Crippen molar-refractivity contribution in [3.8, 4) is 0 Å². The molecule has 3 fully saturated rings. The van der Waals surface area contributed by atoms with Crippen LogP contribution in [0.15, 0.2) is 30.3 Å². The van der Waals surface area contributed by atoms with E-state index in [2.05, 4.69) is 17.4 Å². The Morgan fingerprint density at radius 2 is 1.90 bits per heavy atom. The lowest BCUT2D eigenvalue weighted by molar-refractivity contribution is -0.143. The van der Waals surface area contributed by atoms with Crippen molar-refractivity contribution in [3.63, 3.8) is 0 Å². The summed E-state index contributed by atoms with van der Waals surface area (Å²) in [6, 6.07) is 10.5. The van der Waals surface area contributed by atoms with Gasteiger partial charge in [-0.1, -0.05) is 49.6 Å². The molecule has 0 spiro atoms. The Morgan fingerprint density at radius 1 is 1.14 bits per heavy atom. The minimum Gasteiger partial charge on any atom is -0.383 e. The van der Waals surface area contributed by atoms with Crippen molar-refractivity contribution >= 4 is 11.8 Å². The molecule has 1 heterocycles. The monoisotopic (exact) mass is 398 g/mol. The summed E-state index contributed by atoms with van der Waals surface area (Å²) in [4.78, 5) is 28.1. The van der Waals surface area contributed by atoms with Gasteiger partial charge in [0.2, 0.25) is 11.8 Å². The predicted molar refractivity (Wildman–Crippen MR) is 112 cm³/mol. The number of ether oxygens (including phenoxy) is 1. The number of amides is 2. The SMILES string of the molecule is COCCN1C(=O)CC[C@]2(CNC(=O)C3(c4ccccc4)CCCC3)CCC[C@@H]12. The summed E-state index contributed by atoms with van der Waals surface area (Å²) in [7, 11) is 1.68. The fourth-order valence-electron chi connectivity index (χ4n) is 6.14. The maximum absolute atomic E-state index is 13.5. The smallest absolute Gasteiger partial charge is 0.230 e. The topological polar surface area (TPSA) is 58.6 Å². The molecule has 0 unspecified atom stereocenters. The van der Waals surface area contributed by atoms with Gasteiger partial charge in [0.05, 0.1) is 12.0 Å². The Bertz CT molecular complexity index is 729. The summed E-state index contributed by atoms with van der Waals surface area (Å²) in [6.45, 7) is 1.91. The van der Waals surface area contributed by atoms with Crippen LogP contribution in [-0.4, -0.2) is 49.6 Å². The fourth-order valence-corrected chi connectivity index (χ4v) is 6.14. The van der Waals surface area contributed by atoms with Crippen molar-refractivity contribution in [2.24, 2.45) is 5.41 Å². The van der Waals surface area contributed by atoms with E-state index in [4.69, 9.17) is 4.74 Å². The Labute approximate surface area is 174 Å². The number of nitrogens with one attached hydrogen (secondary N) is 1. The van der Waals surface area contributed by atoms with E-state index in [-0.39, 0.29) is 28.7 Å². The molecule has 1 aromatic rings. The van der Waals surface area contributed by atoms with Crippen molar-refractivity contribution in [2.45, 2.75) is 69.2 Å². The lowest BCUT2D eigenvalue weighted by atomic mass is 9.73. The molecule has 29 heavy (non-hydrogen) atoms. The van der Waals surface area contributed by atoms with E-state index in [1.807, 2.05) is 23.1 Å². The molecule has 1 N–H and O–H groups in total. The number of carbonyl (C=O) groups is 2. The van der Waals surface area contributed by atoms with Gasteiger partial charge in [0.1, 0.15) is 0 Å². The lowest BCUT2D eigenvalue weighted by Crippen LogP contribution is -2.57. The molecule has 1 aliphatic heterocycles. The summed E-state index contributed by atoms with van der Waals surface area (Å²) >= 11 is 0. The van der Waals surface area contributed by atoms with Crippen molar-refractivity contribution in [1.29, 1.82) is 0 Å². The summed E-state index contributed by atoms with van der Waals surface area (Å²) < 4.78 is 5.24. The van der Waals surface area contributed by atoms with Crippen LogP contribution in [0.2, 0.25) is 0 Å². The molecule has 1 aromatic carbocycles. The molecule has 0 aromatic heterocycles. The van der Waals surface area contributed by atoms with Crippen LogP contribution in [0.5, 0.6) is 0 Å². The van der Waals surface area contributed by atoms with Crippen LogP contribution in [0.4, 0.5) is 0 Å². The molecule has 2 saturated carbocycles. The summed E-state index contributed by atoms with van der Waals surface area (Å²) in [5.41, 5.74) is 0.788. The molecule has 2 aliphatic carbocycles. The van der Waals surface area contributed by atoms with Crippen molar-refractivity contribution in [2.75, 3.05) is 26.8 Å². The number of rotatable bonds is 7. The summed E-state index contributed by atoms with van der Waals surface area (Å²) in [5.74, 6) is 0.425.